The molecular formula is C23H22N2O4S. The number of carbonyl (C=O) groups excluding carboxylic acids is 2. The van der Waals surface area contributed by atoms with Gasteiger partial charge in [0, 0.05) is 0 Å². The number of carbonyl (C=O) groups is 2. The van der Waals surface area contributed by atoms with Gasteiger partial charge in [-0.25, -0.2) is 9.79 Å². The molecule has 0 bridgehead atoms. The van der Waals surface area contributed by atoms with Gasteiger partial charge in [-0.15, -0.1) is 0 Å². The van der Waals surface area contributed by atoms with E-state index < -0.39 is 12.0 Å². The van der Waals surface area contributed by atoms with Crippen LogP contribution in [-0.2, 0) is 20.9 Å². The Hall–Kier alpha value is -3.06. The summed E-state index contributed by atoms with van der Waals surface area (Å²) < 4.78 is 10.9. The fourth-order valence-corrected chi connectivity index (χ4v) is 4.61. The highest BCUT2D eigenvalue weighted by Crippen LogP contribution is 2.43. The molecule has 1 saturated heterocycles. The highest BCUT2D eigenvalue weighted by molar-refractivity contribution is 8.15. The number of rotatable bonds is 5. The van der Waals surface area contributed by atoms with Gasteiger partial charge in [0.25, 0.3) is 0 Å². The van der Waals surface area contributed by atoms with E-state index in [2.05, 4.69) is 4.99 Å². The van der Waals surface area contributed by atoms with Crippen molar-refractivity contribution in [2.45, 2.75) is 31.7 Å². The Labute approximate surface area is 179 Å². The molecule has 2 aromatic rings. The van der Waals surface area contributed by atoms with Crippen molar-refractivity contribution in [3.05, 3.63) is 77.0 Å². The Balaban J connectivity index is 1.63. The second-order valence-electron chi connectivity index (χ2n) is 7.10. The normalized spacial score (nSPS) is 20.7. The topological polar surface area (TPSA) is 68.2 Å². The van der Waals surface area contributed by atoms with E-state index in [-0.39, 0.29) is 11.2 Å². The molecule has 0 radical (unpaired) electrons. The first kappa shape index (κ1) is 20.2. The summed E-state index contributed by atoms with van der Waals surface area (Å²) in [5.74, 6) is 0.159. The van der Waals surface area contributed by atoms with Gasteiger partial charge in [0.2, 0.25) is 5.91 Å². The van der Waals surface area contributed by atoms with Crippen LogP contribution in [0.5, 0.6) is 5.75 Å². The summed E-state index contributed by atoms with van der Waals surface area (Å²) in [5.41, 5.74) is 2.83. The van der Waals surface area contributed by atoms with Crippen molar-refractivity contribution >= 4 is 28.8 Å². The van der Waals surface area contributed by atoms with Gasteiger partial charge >= 0.3 is 5.97 Å². The Morgan fingerprint density at radius 1 is 1.13 bits per heavy atom. The van der Waals surface area contributed by atoms with E-state index in [1.54, 1.807) is 11.8 Å². The number of hydrogen-bond donors (Lipinski definition) is 0. The number of benzene rings is 2. The van der Waals surface area contributed by atoms with Crippen molar-refractivity contribution < 1.29 is 19.1 Å². The van der Waals surface area contributed by atoms with Crippen LogP contribution in [0, 0.1) is 0 Å². The maximum atomic E-state index is 12.8. The standard InChI is InChI=1S/C23H22N2O4S/c1-14-19(22(27)28-3)20(25-21(26)15(2)30-23(25)24-14)17-9-11-18(12-10-17)29-13-16-7-5-4-6-8-16/h4-12,15,20H,13H2,1-3H3/t15-,20+/m1/s1. The van der Waals surface area contributed by atoms with E-state index >= 15 is 0 Å². The molecule has 2 atom stereocenters. The van der Waals surface area contributed by atoms with Crippen molar-refractivity contribution in [2.24, 2.45) is 4.99 Å². The molecule has 30 heavy (non-hydrogen) atoms. The van der Waals surface area contributed by atoms with Crippen LogP contribution in [0.2, 0.25) is 0 Å². The highest BCUT2D eigenvalue weighted by Gasteiger charge is 2.46. The number of amidine groups is 1. The minimum absolute atomic E-state index is 0.0675. The monoisotopic (exact) mass is 422 g/mol. The summed E-state index contributed by atoms with van der Waals surface area (Å²) in [6, 6.07) is 16.8. The van der Waals surface area contributed by atoms with Gasteiger partial charge < -0.3 is 9.47 Å². The predicted molar refractivity (Wildman–Crippen MR) is 116 cm³/mol. The maximum Gasteiger partial charge on any atom is 0.338 e. The first-order chi connectivity index (χ1) is 14.5. The number of thioether (sulfide) groups is 1. The zero-order valence-electron chi connectivity index (χ0n) is 17.0. The molecule has 2 aromatic carbocycles. The van der Waals surface area contributed by atoms with Crippen LogP contribution >= 0.6 is 11.8 Å². The molecule has 2 heterocycles. The van der Waals surface area contributed by atoms with Crippen molar-refractivity contribution in [1.29, 1.82) is 0 Å². The van der Waals surface area contributed by atoms with Gasteiger partial charge in [0.05, 0.1) is 29.7 Å². The molecule has 4 rings (SSSR count). The predicted octanol–water partition coefficient (Wildman–Crippen LogP) is 4.09. The quantitative estimate of drug-likeness (QED) is 0.679. The SMILES string of the molecule is COC(=O)C1=C(C)N=C2S[C@H](C)C(=O)N2[C@H]1c1ccc(OCc2ccccc2)cc1. The van der Waals surface area contributed by atoms with Crippen molar-refractivity contribution in [2.75, 3.05) is 7.11 Å². The lowest BCUT2D eigenvalue weighted by Gasteiger charge is -2.32. The minimum Gasteiger partial charge on any atom is -0.489 e. The van der Waals surface area contributed by atoms with Gasteiger partial charge in [0.1, 0.15) is 12.4 Å². The number of aliphatic imine (C=N–C) groups is 1. The van der Waals surface area contributed by atoms with E-state index in [1.807, 2.05) is 61.5 Å². The molecule has 2 aliphatic heterocycles. The molecule has 0 N–H and O–H groups in total. The average Bonchev–Trinajstić information content (AvgIpc) is 3.05. The molecule has 0 unspecified atom stereocenters. The maximum absolute atomic E-state index is 12.8. The number of fused-ring (bicyclic) bond motifs is 1. The van der Waals surface area contributed by atoms with Crippen LogP contribution in [0.4, 0.5) is 0 Å². The first-order valence-corrected chi connectivity index (χ1v) is 10.5. The molecule has 0 spiro atoms. The van der Waals surface area contributed by atoms with Crippen LogP contribution in [0.25, 0.3) is 0 Å². The zero-order valence-corrected chi connectivity index (χ0v) is 17.8. The number of ether oxygens (including phenoxy) is 2. The second-order valence-corrected chi connectivity index (χ2v) is 8.41. The zero-order chi connectivity index (χ0) is 21.3. The van der Waals surface area contributed by atoms with Crippen molar-refractivity contribution in [3.8, 4) is 5.75 Å². The molecule has 1 amide bonds. The van der Waals surface area contributed by atoms with Crippen LogP contribution in [0.1, 0.15) is 31.0 Å². The first-order valence-electron chi connectivity index (χ1n) is 9.63. The lowest BCUT2D eigenvalue weighted by molar-refractivity contribution is -0.137. The van der Waals surface area contributed by atoms with Gasteiger partial charge in [-0.1, -0.05) is 54.2 Å². The molecule has 154 valence electrons. The van der Waals surface area contributed by atoms with Gasteiger partial charge in [-0.05, 0) is 37.1 Å². The van der Waals surface area contributed by atoms with Gasteiger partial charge in [-0.2, -0.15) is 0 Å². The molecule has 7 heteroatoms. The molecule has 2 aliphatic rings. The fourth-order valence-electron chi connectivity index (χ4n) is 3.58. The van der Waals surface area contributed by atoms with Crippen LogP contribution < -0.4 is 4.74 Å². The lowest BCUT2D eigenvalue weighted by Crippen LogP contribution is -2.40. The average molecular weight is 423 g/mol. The largest absolute Gasteiger partial charge is 0.489 e. The molecule has 6 nitrogen and oxygen atoms in total. The summed E-state index contributed by atoms with van der Waals surface area (Å²) in [5, 5.41) is 0.372. The Morgan fingerprint density at radius 3 is 2.50 bits per heavy atom. The Morgan fingerprint density at radius 2 is 1.83 bits per heavy atom. The fraction of sp³-hybridized carbons (Fsp3) is 0.261. The Bertz CT molecular complexity index is 1030. The van der Waals surface area contributed by atoms with Crippen LogP contribution in [0.15, 0.2) is 70.9 Å². The number of esters is 1. The molecule has 0 aromatic heterocycles. The Kier molecular flexibility index (Phi) is 5.63. The van der Waals surface area contributed by atoms with Gasteiger partial charge in [0.15, 0.2) is 5.17 Å². The minimum atomic E-state index is -0.571. The van der Waals surface area contributed by atoms with Crippen LogP contribution in [-0.4, -0.2) is 34.3 Å². The second kappa shape index (κ2) is 8.36. The smallest absolute Gasteiger partial charge is 0.338 e. The summed E-state index contributed by atoms with van der Waals surface area (Å²) in [4.78, 5) is 31.5. The van der Waals surface area contributed by atoms with Gasteiger partial charge in [-0.3, -0.25) is 9.69 Å². The van der Waals surface area contributed by atoms with Crippen LogP contribution in [0.3, 0.4) is 0 Å². The van der Waals surface area contributed by atoms with E-state index in [9.17, 15) is 9.59 Å². The third-order valence-corrected chi connectivity index (χ3v) is 6.16. The molecule has 0 aliphatic carbocycles. The summed E-state index contributed by atoms with van der Waals surface area (Å²) in [6.45, 7) is 4.08. The molecule has 0 saturated carbocycles. The number of hydrogen-bond acceptors (Lipinski definition) is 6. The number of nitrogens with zero attached hydrogens (tertiary/aromatic N) is 2. The third-order valence-electron chi connectivity index (χ3n) is 5.11. The highest BCUT2D eigenvalue weighted by atomic mass is 32.2. The van der Waals surface area contributed by atoms with Crippen molar-refractivity contribution in [1.82, 2.24) is 4.90 Å². The van der Waals surface area contributed by atoms with E-state index in [0.29, 0.717) is 28.8 Å². The van der Waals surface area contributed by atoms with E-state index in [4.69, 9.17) is 9.47 Å². The van der Waals surface area contributed by atoms with E-state index in [1.165, 1.54) is 18.9 Å². The summed E-state index contributed by atoms with van der Waals surface area (Å²) in [7, 11) is 1.34. The molecular weight excluding hydrogens is 400 g/mol. The van der Waals surface area contributed by atoms with Crippen molar-refractivity contribution in [3.63, 3.8) is 0 Å². The number of amides is 1. The third kappa shape index (κ3) is 3.73. The molecule has 1 fully saturated rings. The summed E-state index contributed by atoms with van der Waals surface area (Å²) >= 11 is 1.41. The van der Waals surface area contributed by atoms with E-state index in [0.717, 1.165) is 11.1 Å². The number of methoxy groups -OCH3 is 1. The summed E-state index contributed by atoms with van der Waals surface area (Å²) in [6.07, 6.45) is 0. The lowest BCUT2D eigenvalue weighted by atomic mass is 9.94. The number of allylic oxidation sites excluding steroid dienone is 1.